The molecule has 104 valence electrons. The van der Waals surface area contributed by atoms with E-state index in [1.807, 2.05) is 12.1 Å². The van der Waals surface area contributed by atoms with Gasteiger partial charge in [0.25, 0.3) is 0 Å². The molecule has 1 unspecified atom stereocenters. The summed E-state index contributed by atoms with van der Waals surface area (Å²) in [4.78, 5) is 26.0. The maximum absolute atomic E-state index is 12.2. The monoisotopic (exact) mass is 289 g/mol. The molecule has 5 nitrogen and oxygen atoms in total. The quantitative estimate of drug-likeness (QED) is 0.900. The molecule has 1 aromatic heterocycles. The number of benzene rings is 1. The van der Waals surface area contributed by atoms with E-state index in [0.717, 1.165) is 4.88 Å². The summed E-state index contributed by atoms with van der Waals surface area (Å²) in [7, 11) is 1.76. The minimum atomic E-state index is -0.457. The normalized spacial score (nSPS) is 17.9. The zero-order valence-electron chi connectivity index (χ0n) is 11.1. The van der Waals surface area contributed by atoms with Crippen LogP contribution in [0.3, 0.4) is 0 Å². The number of nitrogens with zero attached hydrogens (tertiary/aromatic N) is 1. The van der Waals surface area contributed by atoms with Crippen LogP contribution in [0.5, 0.6) is 0 Å². The van der Waals surface area contributed by atoms with Crippen molar-refractivity contribution >= 4 is 33.4 Å². The molecule has 3 rings (SSSR count). The summed E-state index contributed by atoms with van der Waals surface area (Å²) >= 11 is 1.69. The second kappa shape index (κ2) is 5.13. The first-order chi connectivity index (χ1) is 9.63. The maximum atomic E-state index is 12.2. The van der Waals surface area contributed by atoms with E-state index in [9.17, 15) is 9.59 Å². The van der Waals surface area contributed by atoms with Crippen molar-refractivity contribution in [1.82, 2.24) is 15.5 Å². The summed E-state index contributed by atoms with van der Waals surface area (Å²) in [6.45, 7) is 0.916. The van der Waals surface area contributed by atoms with E-state index in [4.69, 9.17) is 0 Å². The highest BCUT2D eigenvalue weighted by Crippen LogP contribution is 2.26. The SMILES string of the molecule is CN(Cc1cc2ccccc2s1)C(=O)C1CNC(=O)N1. The molecule has 6 heteroatoms. The molecule has 0 aliphatic carbocycles. The molecule has 3 amide bonds. The average Bonchev–Trinajstić information content (AvgIpc) is 3.03. The lowest BCUT2D eigenvalue weighted by molar-refractivity contribution is -0.131. The van der Waals surface area contributed by atoms with Gasteiger partial charge in [0, 0.05) is 23.2 Å². The first kappa shape index (κ1) is 12.9. The Kier molecular flexibility index (Phi) is 3.31. The van der Waals surface area contributed by atoms with Crippen molar-refractivity contribution in [1.29, 1.82) is 0 Å². The van der Waals surface area contributed by atoms with E-state index in [1.54, 1.807) is 23.3 Å². The summed E-state index contributed by atoms with van der Waals surface area (Å²) < 4.78 is 1.22. The first-order valence-electron chi connectivity index (χ1n) is 6.40. The van der Waals surface area contributed by atoms with Crippen LogP contribution in [-0.4, -0.2) is 36.5 Å². The van der Waals surface area contributed by atoms with Gasteiger partial charge in [-0.2, -0.15) is 0 Å². The number of nitrogens with one attached hydrogen (secondary N) is 2. The minimum absolute atomic E-state index is 0.0687. The van der Waals surface area contributed by atoms with Crippen LogP contribution in [0, 0.1) is 0 Å². The van der Waals surface area contributed by atoms with Crippen LogP contribution in [0.4, 0.5) is 4.79 Å². The first-order valence-corrected chi connectivity index (χ1v) is 7.22. The van der Waals surface area contributed by atoms with E-state index < -0.39 is 6.04 Å². The van der Waals surface area contributed by atoms with Gasteiger partial charge in [0.2, 0.25) is 5.91 Å². The number of urea groups is 1. The van der Waals surface area contributed by atoms with E-state index in [1.165, 1.54) is 10.1 Å². The smallest absolute Gasteiger partial charge is 0.315 e. The molecule has 1 aromatic carbocycles. The van der Waals surface area contributed by atoms with Crippen LogP contribution >= 0.6 is 11.3 Å². The summed E-state index contributed by atoms with van der Waals surface area (Å²) in [5.74, 6) is -0.0687. The van der Waals surface area contributed by atoms with Crippen LogP contribution in [0.15, 0.2) is 30.3 Å². The van der Waals surface area contributed by atoms with Gasteiger partial charge in [0.15, 0.2) is 0 Å². The zero-order chi connectivity index (χ0) is 14.1. The number of likely N-dealkylation sites (N-methyl/N-ethyl adjacent to an activating group) is 1. The second-order valence-corrected chi connectivity index (χ2v) is 6.02. The van der Waals surface area contributed by atoms with E-state index in [-0.39, 0.29) is 11.9 Å². The van der Waals surface area contributed by atoms with Crippen LogP contribution in [0.1, 0.15) is 4.88 Å². The number of hydrogen-bond donors (Lipinski definition) is 2. The molecule has 2 aromatic rings. The third-order valence-electron chi connectivity index (χ3n) is 3.32. The lowest BCUT2D eigenvalue weighted by Crippen LogP contribution is -2.43. The Bertz CT molecular complexity index is 634. The fourth-order valence-electron chi connectivity index (χ4n) is 2.30. The van der Waals surface area contributed by atoms with Crippen molar-refractivity contribution in [2.45, 2.75) is 12.6 Å². The van der Waals surface area contributed by atoms with Gasteiger partial charge >= 0.3 is 6.03 Å². The molecule has 1 atom stereocenters. The Hall–Kier alpha value is -2.08. The Morgan fingerprint density at radius 1 is 1.45 bits per heavy atom. The maximum Gasteiger partial charge on any atom is 0.315 e. The van der Waals surface area contributed by atoms with Crippen LogP contribution in [0.2, 0.25) is 0 Å². The van der Waals surface area contributed by atoms with E-state index in [2.05, 4.69) is 28.8 Å². The largest absolute Gasteiger partial charge is 0.339 e. The number of amides is 3. The van der Waals surface area contributed by atoms with Gasteiger partial charge in [-0.1, -0.05) is 18.2 Å². The topological polar surface area (TPSA) is 61.4 Å². The van der Waals surface area contributed by atoms with Gasteiger partial charge < -0.3 is 15.5 Å². The van der Waals surface area contributed by atoms with Crippen molar-refractivity contribution < 1.29 is 9.59 Å². The predicted molar refractivity (Wildman–Crippen MR) is 78.6 cm³/mol. The number of carbonyl (C=O) groups is 2. The Labute approximate surface area is 120 Å². The molecule has 0 saturated carbocycles. The van der Waals surface area contributed by atoms with Crippen molar-refractivity contribution in [2.24, 2.45) is 0 Å². The van der Waals surface area contributed by atoms with Gasteiger partial charge in [-0.15, -0.1) is 11.3 Å². The standard InChI is InChI=1S/C14H15N3O2S/c1-17(13(18)11-7-15-14(19)16-11)8-10-6-9-4-2-3-5-12(9)20-10/h2-6,11H,7-8H2,1H3,(H2,15,16,19). The van der Waals surface area contributed by atoms with Gasteiger partial charge in [-0.3, -0.25) is 4.79 Å². The van der Waals surface area contributed by atoms with E-state index >= 15 is 0 Å². The molecule has 20 heavy (non-hydrogen) atoms. The summed E-state index contributed by atoms with van der Waals surface area (Å²) in [6, 6.07) is 9.53. The fraction of sp³-hybridized carbons (Fsp3) is 0.286. The molecule has 0 spiro atoms. The van der Waals surface area contributed by atoms with Crippen LogP contribution < -0.4 is 10.6 Å². The van der Waals surface area contributed by atoms with Crippen molar-refractivity contribution in [3.8, 4) is 0 Å². The van der Waals surface area contributed by atoms with Crippen molar-refractivity contribution in [3.63, 3.8) is 0 Å². The Balaban J connectivity index is 1.70. The molecule has 0 radical (unpaired) electrons. The highest BCUT2D eigenvalue weighted by Gasteiger charge is 2.29. The van der Waals surface area contributed by atoms with Gasteiger partial charge in [0.05, 0.1) is 6.54 Å². The molecular weight excluding hydrogens is 274 g/mol. The second-order valence-electron chi connectivity index (χ2n) is 4.85. The number of hydrogen-bond acceptors (Lipinski definition) is 3. The minimum Gasteiger partial charge on any atom is -0.339 e. The van der Waals surface area contributed by atoms with Gasteiger partial charge in [-0.05, 0) is 17.5 Å². The molecule has 1 fully saturated rings. The number of rotatable bonds is 3. The Morgan fingerprint density at radius 3 is 2.95 bits per heavy atom. The Morgan fingerprint density at radius 2 is 2.25 bits per heavy atom. The fourth-order valence-corrected chi connectivity index (χ4v) is 3.41. The highest BCUT2D eigenvalue weighted by atomic mass is 32.1. The molecule has 2 heterocycles. The van der Waals surface area contributed by atoms with Crippen LogP contribution in [0.25, 0.3) is 10.1 Å². The molecule has 0 bridgehead atoms. The highest BCUT2D eigenvalue weighted by molar-refractivity contribution is 7.19. The third kappa shape index (κ3) is 2.46. The summed E-state index contributed by atoms with van der Waals surface area (Å²) in [5, 5.41) is 6.40. The molecular formula is C14H15N3O2S. The average molecular weight is 289 g/mol. The van der Waals surface area contributed by atoms with Gasteiger partial charge in [0.1, 0.15) is 6.04 Å². The lowest BCUT2D eigenvalue weighted by atomic mass is 10.2. The molecule has 1 saturated heterocycles. The van der Waals surface area contributed by atoms with Crippen molar-refractivity contribution in [3.05, 3.63) is 35.2 Å². The predicted octanol–water partition coefficient (Wildman–Crippen LogP) is 1.54. The van der Waals surface area contributed by atoms with Crippen LogP contribution in [-0.2, 0) is 11.3 Å². The number of thiophene rings is 1. The van der Waals surface area contributed by atoms with E-state index in [0.29, 0.717) is 13.1 Å². The summed E-state index contributed by atoms with van der Waals surface area (Å²) in [5.41, 5.74) is 0. The number of fused-ring (bicyclic) bond motifs is 1. The van der Waals surface area contributed by atoms with Crippen molar-refractivity contribution in [2.75, 3.05) is 13.6 Å². The zero-order valence-corrected chi connectivity index (χ0v) is 11.9. The third-order valence-corrected chi connectivity index (χ3v) is 4.42. The van der Waals surface area contributed by atoms with Gasteiger partial charge in [-0.25, -0.2) is 4.79 Å². The molecule has 1 aliphatic heterocycles. The summed E-state index contributed by atoms with van der Waals surface area (Å²) in [6.07, 6.45) is 0. The number of carbonyl (C=O) groups excluding carboxylic acids is 2. The molecule has 1 aliphatic rings. The molecule has 2 N–H and O–H groups in total. The lowest BCUT2D eigenvalue weighted by Gasteiger charge is -2.19.